The Labute approximate surface area is 335 Å². The molecule has 9 rings (SSSR count). The van der Waals surface area contributed by atoms with Crippen LogP contribution in [-0.2, 0) is 0 Å². The number of fused-ring (bicyclic) bond motifs is 3. The molecular weight excluding hydrogens is 737 g/mol. The van der Waals surface area contributed by atoms with Gasteiger partial charge in [-0.25, -0.2) is 15.0 Å². The summed E-state index contributed by atoms with van der Waals surface area (Å²) in [4.78, 5) is 44.5. The van der Waals surface area contributed by atoms with Crippen molar-refractivity contribution in [3.63, 3.8) is 0 Å². The zero-order valence-corrected chi connectivity index (χ0v) is 33.9. The fourth-order valence-corrected chi connectivity index (χ4v) is 8.70. The van der Waals surface area contributed by atoms with Crippen molar-refractivity contribution in [2.75, 3.05) is 65.4 Å². The van der Waals surface area contributed by atoms with E-state index < -0.39 is 0 Å². The van der Waals surface area contributed by atoms with Gasteiger partial charge in [0.25, 0.3) is 11.1 Å². The van der Waals surface area contributed by atoms with Crippen LogP contribution in [0.3, 0.4) is 0 Å². The molecule has 0 spiro atoms. The number of likely N-dealkylation sites (tertiary alicyclic amines) is 1. The van der Waals surface area contributed by atoms with E-state index in [0.29, 0.717) is 40.1 Å². The summed E-state index contributed by atoms with van der Waals surface area (Å²) in [7, 11) is 5.36. The van der Waals surface area contributed by atoms with Gasteiger partial charge in [0.15, 0.2) is 11.5 Å². The lowest BCUT2D eigenvalue weighted by Gasteiger charge is -2.29. The average Bonchev–Trinajstić information content (AvgIpc) is 3.39. The molecule has 0 amide bonds. The van der Waals surface area contributed by atoms with Gasteiger partial charge in [0.1, 0.15) is 11.3 Å². The Balaban J connectivity index is 0.000000160. The number of thiazole rings is 1. The van der Waals surface area contributed by atoms with Crippen LogP contribution in [0.1, 0.15) is 41.3 Å². The van der Waals surface area contributed by atoms with Crippen LogP contribution in [0.4, 0.5) is 5.69 Å². The van der Waals surface area contributed by atoms with Crippen molar-refractivity contribution >= 4 is 38.5 Å². The predicted molar refractivity (Wildman–Crippen MR) is 229 cm³/mol. The van der Waals surface area contributed by atoms with E-state index in [1.165, 1.54) is 5.56 Å². The van der Waals surface area contributed by atoms with Gasteiger partial charge in [-0.2, -0.15) is 0 Å². The molecule has 0 unspecified atom stereocenters. The van der Waals surface area contributed by atoms with Gasteiger partial charge in [0.2, 0.25) is 0 Å². The summed E-state index contributed by atoms with van der Waals surface area (Å²) in [6.07, 6.45) is 7.23. The molecule has 2 aromatic carbocycles. The summed E-state index contributed by atoms with van der Waals surface area (Å²) in [5, 5.41) is 4.45. The van der Waals surface area contributed by atoms with Crippen molar-refractivity contribution in [3.8, 4) is 34.0 Å². The maximum Gasteiger partial charge on any atom is 0.258 e. The van der Waals surface area contributed by atoms with Crippen LogP contribution in [-0.4, -0.2) is 89.2 Å². The Morgan fingerprint density at radius 3 is 2.26 bits per heavy atom. The Kier molecular flexibility index (Phi) is 11.0. The van der Waals surface area contributed by atoms with Gasteiger partial charge in [0, 0.05) is 55.3 Å². The first-order valence-electron chi connectivity index (χ1n) is 19.5. The zero-order valence-electron chi connectivity index (χ0n) is 33.1. The monoisotopic (exact) mass is 784 g/mol. The Hall–Kier alpha value is -5.63. The summed E-state index contributed by atoms with van der Waals surface area (Å²) in [5.74, 6) is 1.75. The topological polar surface area (TPSA) is 119 Å². The molecule has 5 aromatic heterocycles. The Morgan fingerprint density at radius 2 is 1.47 bits per heavy atom. The van der Waals surface area contributed by atoms with E-state index in [2.05, 4.69) is 45.3 Å². The molecule has 294 valence electrons. The minimum Gasteiger partial charge on any atom is -0.493 e. The third-order valence-electron chi connectivity index (χ3n) is 11.0. The molecule has 57 heavy (non-hydrogen) atoms. The molecule has 0 saturated carbocycles. The fourth-order valence-electron chi connectivity index (χ4n) is 7.83. The van der Waals surface area contributed by atoms with E-state index in [1.54, 1.807) is 46.5 Å². The van der Waals surface area contributed by atoms with Crippen LogP contribution >= 0.6 is 11.3 Å². The highest BCUT2D eigenvalue weighted by Gasteiger charge is 2.20. The molecular formula is C44H48N8O4S. The molecule has 0 aliphatic carbocycles. The highest BCUT2D eigenvalue weighted by Crippen LogP contribution is 2.33. The number of hydrogen-bond acceptors (Lipinski definition) is 11. The summed E-state index contributed by atoms with van der Waals surface area (Å²) < 4.78 is 15.1. The van der Waals surface area contributed by atoms with Gasteiger partial charge in [-0.15, -0.1) is 11.3 Å². The third kappa shape index (κ3) is 8.13. The predicted octanol–water partition coefficient (Wildman–Crippen LogP) is 6.58. The summed E-state index contributed by atoms with van der Waals surface area (Å²) in [6.45, 7) is 10.1. The second kappa shape index (κ2) is 16.5. The maximum absolute atomic E-state index is 12.9. The molecule has 0 atom stereocenters. The van der Waals surface area contributed by atoms with E-state index in [0.717, 1.165) is 96.1 Å². The van der Waals surface area contributed by atoms with E-state index in [1.807, 2.05) is 62.6 Å². The van der Waals surface area contributed by atoms with Crippen molar-refractivity contribution in [1.82, 2.24) is 34.0 Å². The lowest BCUT2D eigenvalue weighted by atomic mass is 9.90. The number of ether oxygens (including phenoxy) is 2. The second-order valence-corrected chi connectivity index (χ2v) is 16.1. The van der Waals surface area contributed by atoms with Gasteiger partial charge < -0.3 is 24.6 Å². The van der Waals surface area contributed by atoms with E-state index >= 15 is 0 Å². The molecule has 1 N–H and O–H groups in total. The zero-order chi connectivity index (χ0) is 39.6. The molecule has 2 aliphatic heterocycles. The number of nitrogens with zero attached hydrogens (tertiary/aromatic N) is 7. The number of rotatable bonds is 6. The van der Waals surface area contributed by atoms with Crippen molar-refractivity contribution in [1.29, 1.82) is 0 Å². The fraction of sp³-hybridized carbons (Fsp3) is 0.341. The number of benzene rings is 2. The van der Waals surface area contributed by atoms with E-state index in [4.69, 9.17) is 19.4 Å². The smallest absolute Gasteiger partial charge is 0.258 e. The number of methoxy groups -OCH3 is 2. The lowest BCUT2D eigenvalue weighted by molar-refractivity contribution is 0.255. The second-order valence-electron chi connectivity index (χ2n) is 14.9. The van der Waals surface area contributed by atoms with E-state index in [-0.39, 0.29) is 11.1 Å². The van der Waals surface area contributed by atoms with E-state index in [9.17, 15) is 9.59 Å². The molecule has 2 saturated heterocycles. The summed E-state index contributed by atoms with van der Waals surface area (Å²) in [5.41, 5.74) is 8.61. The number of hydrogen-bond donors (Lipinski definition) is 1. The average molecular weight is 785 g/mol. The first-order chi connectivity index (χ1) is 27.7. The highest BCUT2D eigenvalue weighted by molar-refractivity contribution is 7.18. The van der Waals surface area contributed by atoms with Crippen LogP contribution in [0, 0.1) is 13.8 Å². The normalized spacial score (nSPS) is 15.4. The molecule has 0 bridgehead atoms. The largest absolute Gasteiger partial charge is 0.493 e. The van der Waals surface area contributed by atoms with Gasteiger partial charge in [-0.3, -0.25) is 18.4 Å². The number of aromatic nitrogens is 5. The molecule has 13 heteroatoms. The molecule has 2 fully saturated rings. The Bertz CT molecular complexity index is 2690. The number of pyridine rings is 2. The summed E-state index contributed by atoms with van der Waals surface area (Å²) >= 11 is 1.66. The molecule has 0 radical (unpaired) electrons. The van der Waals surface area contributed by atoms with Gasteiger partial charge >= 0.3 is 0 Å². The van der Waals surface area contributed by atoms with Gasteiger partial charge in [-0.05, 0) is 119 Å². The first-order valence-corrected chi connectivity index (χ1v) is 20.3. The quantitative estimate of drug-likeness (QED) is 0.198. The minimum atomic E-state index is -0.0716. The van der Waals surface area contributed by atoms with Crippen molar-refractivity contribution in [2.45, 2.75) is 39.0 Å². The number of piperidine rings is 1. The number of nitrogens with one attached hydrogen (secondary N) is 1. The van der Waals surface area contributed by atoms with Crippen LogP contribution in [0.25, 0.3) is 44.0 Å². The SMILES string of the molecule is COc1ccc(-c2cc(=O)n3cc(C4CCN(C)CC4)cc(C)c3n2)cc1OC.Cc1nc2ccc(-c3cc(=O)n4cc(N5CCCNCC5)ccc4n3)cc2s1. The van der Waals surface area contributed by atoms with Crippen molar-refractivity contribution in [3.05, 3.63) is 116 Å². The third-order valence-corrected chi connectivity index (χ3v) is 11.9. The van der Waals surface area contributed by atoms with Crippen LogP contribution in [0.2, 0.25) is 0 Å². The standard InChI is InChI=1S/C23H27N3O3.C21H21N5OS/c1-15-11-18(16-7-9-25(2)10-8-16)14-26-22(27)13-19(24-23(15)26)17-5-6-20(28-3)21(12-17)29-4;1-14-23-17-5-3-15(11-19(17)28-14)18-12-21(27)26-13-16(4-6-20(26)24-18)25-9-2-7-22-8-10-25/h5-6,11-14,16H,7-10H2,1-4H3;3-6,11-13,22H,2,7-10H2,1H3. The Morgan fingerprint density at radius 1 is 0.737 bits per heavy atom. The summed E-state index contributed by atoms with van der Waals surface area (Å²) in [6, 6.07) is 21.0. The molecule has 2 aliphatic rings. The minimum absolute atomic E-state index is 0.0598. The van der Waals surface area contributed by atoms with Crippen LogP contribution in [0.15, 0.2) is 88.7 Å². The van der Waals surface area contributed by atoms with Crippen molar-refractivity contribution in [2.24, 2.45) is 0 Å². The number of aryl methyl sites for hydroxylation is 2. The number of anilines is 1. The molecule has 7 heterocycles. The van der Waals surface area contributed by atoms with Crippen LogP contribution < -0.4 is 30.8 Å². The lowest BCUT2D eigenvalue weighted by Crippen LogP contribution is -2.29. The van der Waals surface area contributed by atoms with Crippen molar-refractivity contribution < 1.29 is 9.47 Å². The van der Waals surface area contributed by atoms with Crippen LogP contribution in [0.5, 0.6) is 11.5 Å². The van der Waals surface area contributed by atoms with Gasteiger partial charge in [-0.1, -0.05) is 12.1 Å². The molecule has 12 nitrogen and oxygen atoms in total. The highest BCUT2D eigenvalue weighted by atomic mass is 32.1. The first kappa shape index (κ1) is 38.3. The van der Waals surface area contributed by atoms with Gasteiger partial charge in [0.05, 0.1) is 46.5 Å². The molecule has 7 aromatic rings. The maximum atomic E-state index is 12.9.